The van der Waals surface area contributed by atoms with Crippen LogP contribution in [-0.2, 0) is 9.47 Å². The van der Waals surface area contributed by atoms with Gasteiger partial charge in [-0.25, -0.2) is 9.59 Å². The fourth-order valence-corrected chi connectivity index (χ4v) is 7.99. The molecule has 2 heterocycles. The van der Waals surface area contributed by atoms with E-state index < -0.39 is 18.2 Å². The number of aryl methyl sites for hydroxylation is 1. The van der Waals surface area contributed by atoms with E-state index in [0.717, 1.165) is 74.2 Å². The van der Waals surface area contributed by atoms with Crippen molar-refractivity contribution in [3.05, 3.63) is 174 Å². The van der Waals surface area contributed by atoms with Crippen LogP contribution in [0.2, 0.25) is 0 Å². The Bertz CT molecular complexity index is 2940. The van der Waals surface area contributed by atoms with E-state index in [1.165, 1.54) is 0 Å². The van der Waals surface area contributed by atoms with E-state index in [-0.39, 0.29) is 5.60 Å². The molecule has 0 saturated carbocycles. The van der Waals surface area contributed by atoms with E-state index in [9.17, 15) is 9.59 Å². The minimum absolute atomic E-state index is 0.0841. The summed E-state index contributed by atoms with van der Waals surface area (Å²) in [5.74, 6) is 1.82. The number of hydrogen-bond acceptors (Lipinski definition) is 9. The van der Waals surface area contributed by atoms with Gasteiger partial charge in [0.1, 0.15) is 34.3 Å². The van der Waals surface area contributed by atoms with Crippen LogP contribution in [-0.4, -0.2) is 44.0 Å². The minimum atomic E-state index is -0.764. The first-order valence-electron chi connectivity index (χ1n) is 21.2. The monoisotopic (exact) mass is 836 g/mol. The molecule has 2 aliphatic heterocycles. The van der Waals surface area contributed by atoms with Crippen molar-refractivity contribution in [2.75, 3.05) is 26.4 Å². The maximum Gasteiger partial charge on any atom is 0.343 e. The summed E-state index contributed by atoms with van der Waals surface area (Å²) >= 11 is 0. The third-order valence-corrected chi connectivity index (χ3v) is 11.5. The lowest BCUT2D eigenvalue weighted by Crippen LogP contribution is -2.15. The predicted molar refractivity (Wildman–Crippen MR) is 242 cm³/mol. The molecule has 2 aliphatic rings. The highest BCUT2D eigenvalue weighted by atomic mass is 16.7. The Balaban J connectivity index is 0.771. The van der Waals surface area contributed by atoms with Crippen LogP contribution in [0.1, 0.15) is 57.9 Å². The molecule has 0 bridgehead atoms. The molecule has 9 nitrogen and oxygen atoms in total. The summed E-state index contributed by atoms with van der Waals surface area (Å²) in [6, 6.07) is 47.8. The largest absolute Gasteiger partial charge is 0.494 e. The van der Waals surface area contributed by atoms with E-state index in [4.69, 9.17) is 33.2 Å². The van der Waals surface area contributed by atoms with Gasteiger partial charge in [0.05, 0.1) is 30.9 Å². The molecule has 0 amide bonds. The topological polar surface area (TPSA) is 102 Å². The lowest BCUT2D eigenvalue weighted by Gasteiger charge is -2.19. The van der Waals surface area contributed by atoms with Crippen molar-refractivity contribution in [1.29, 1.82) is 0 Å². The molecule has 0 aromatic heterocycles. The van der Waals surface area contributed by atoms with Gasteiger partial charge in [0.25, 0.3) is 6.29 Å². The van der Waals surface area contributed by atoms with Gasteiger partial charge in [-0.1, -0.05) is 72.8 Å². The van der Waals surface area contributed by atoms with Crippen LogP contribution in [0.15, 0.2) is 152 Å². The van der Waals surface area contributed by atoms with Gasteiger partial charge in [-0.2, -0.15) is 0 Å². The second-order valence-electron chi connectivity index (χ2n) is 16.3. The standard InChI is InChI=1S/C54H44O9/c1-34-29-43(61-51(55)40-14-13-39-31-42(22-17-38(39)30-40)58-28-8-7-27-57-32-54(2)33-59-54)23-24-44(34)52(56)60-41-20-15-37(16-21-41)53-62-47-25-18-35-9-3-5-11-45(35)49(47)50-46-12-6-4-10-36(46)19-26-48(50)63-53/h3-6,9-26,29-31,53H,7-8,27-28,32-33H2,1-2H3. The fourth-order valence-electron chi connectivity index (χ4n) is 7.99. The summed E-state index contributed by atoms with van der Waals surface area (Å²) in [5.41, 5.74) is 3.98. The van der Waals surface area contributed by atoms with Gasteiger partial charge in [0.15, 0.2) is 0 Å². The van der Waals surface area contributed by atoms with Crippen LogP contribution in [0.4, 0.5) is 0 Å². The van der Waals surface area contributed by atoms with Crippen molar-refractivity contribution >= 4 is 44.3 Å². The molecule has 0 spiro atoms. The third-order valence-electron chi connectivity index (χ3n) is 11.5. The van der Waals surface area contributed by atoms with E-state index >= 15 is 0 Å². The van der Waals surface area contributed by atoms with E-state index in [0.29, 0.717) is 59.5 Å². The van der Waals surface area contributed by atoms with Crippen LogP contribution in [0.25, 0.3) is 43.4 Å². The zero-order valence-electron chi connectivity index (χ0n) is 34.9. The minimum Gasteiger partial charge on any atom is -0.494 e. The van der Waals surface area contributed by atoms with E-state index in [2.05, 4.69) is 43.3 Å². The molecule has 1 fully saturated rings. The summed E-state index contributed by atoms with van der Waals surface area (Å²) in [6.07, 6.45) is 1.03. The van der Waals surface area contributed by atoms with Crippen molar-refractivity contribution in [2.24, 2.45) is 0 Å². The highest BCUT2D eigenvalue weighted by molar-refractivity contribution is 6.10. The Morgan fingerprint density at radius 3 is 1.87 bits per heavy atom. The average molecular weight is 837 g/mol. The lowest BCUT2D eigenvalue weighted by atomic mass is 9.92. The quantitative estimate of drug-likeness (QED) is 0.0486. The Morgan fingerprint density at radius 2 is 1.19 bits per heavy atom. The van der Waals surface area contributed by atoms with Crippen LogP contribution < -0.4 is 23.7 Å². The molecule has 0 aliphatic carbocycles. The van der Waals surface area contributed by atoms with Gasteiger partial charge in [-0.3, -0.25) is 0 Å². The number of carbonyl (C=O) groups excluding carboxylic acids is 2. The first-order chi connectivity index (χ1) is 30.8. The third kappa shape index (κ3) is 8.53. The van der Waals surface area contributed by atoms with Crippen molar-refractivity contribution in [3.8, 4) is 39.9 Å². The zero-order chi connectivity index (χ0) is 42.9. The van der Waals surface area contributed by atoms with Gasteiger partial charge < -0.3 is 33.2 Å². The fraction of sp³-hybridized carbons (Fsp3) is 0.185. The van der Waals surface area contributed by atoms with Crippen LogP contribution in [0, 0.1) is 6.92 Å². The molecular formula is C54H44O9. The molecule has 1 saturated heterocycles. The van der Waals surface area contributed by atoms with Gasteiger partial charge >= 0.3 is 11.9 Å². The Labute approximate surface area is 364 Å². The van der Waals surface area contributed by atoms with Crippen molar-refractivity contribution < 1.29 is 42.7 Å². The summed E-state index contributed by atoms with van der Waals surface area (Å²) in [7, 11) is 0. The summed E-state index contributed by atoms with van der Waals surface area (Å²) in [4.78, 5) is 26.6. The number of carbonyl (C=O) groups is 2. The predicted octanol–water partition coefficient (Wildman–Crippen LogP) is 12.0. The smallest absolute Gasteiger partial charge is 0.343 e. The average Bonchev–Trinajstić information content (AvgIpc) is 4.07. The van der Waals surface area contributed by atoms with E-state index in [1.807, 2.05) is 72.8 Å². The molecular weight excluding hydrogens is 793 g/mol. The van der Waals surface area contributed by atoms with Gasteiger partial charge in [-0.15, -0.1) is 0 Å². The molecule has 8 aromatic carbocycles. The molecule has 10 rings (SSSR count). The first-order valence-corrected chi connectivity index (χ1v) is 21.2. The van der Waals surface area contributed by atoms with Gasteiger partial charge in [0, 0.05) is 23.3 Å². The molecule has 63 heavy (non-hydrogen) atoms. The molecule has 9 heteroatoms. The second-order valence-corrected chi connectivity index (χ2v) is 16.3. The van der Waals surface area contributed by atoms with Crippen molar-refractivity contribution in [3.63, 3.8) is 0 Å². The molecule has 1 unspecified atom stereocenters. The van der Waals surface area contributed by atoms with Gasteiger partial charge in [0.2, 0.25) is 0 Å². The van der Waals surface area contributed by atoms with Crippen molar-refractivity contribution in [2.45, 2.75) is 38.6 Å². The Hall–Kier alpha value is -7.20. The van der Waals surface area contributed by atoms with Crippen molar-refractivity contribution in [1.82, 2.24) is 0 Å². The summed E-state index contributed by atoms with van der Waals surface area (Å²) in [6.45, 7) is 6.50. The molecule has 0 radical (unpaired) electrons. The number of esters is 2. The van der Waals surface area contributed by atoms with Crippen LogP contribution in [0.3, 0.4) is 0 Å². The van der Waals surface area contributed by atoms with Crippen LogP contribution in [0.5, 0.6) is 28.7 Å². The number of rotatable bonds is 13. The Morgan fingerprint density at radius 1 is 0.603 bits per heavy atom. The maximum atomic E-state index is 13.4. The van der Waals surface area contributed by atoms with E-state index in [1.54, 1.807) is 49.4 Å². The normalized spacial score (nSPS) is 15.5. The number of unbranched alkanes of at least 4 members (excludes halogenated alkanes) is 1. The number of epoxide rings is 1. The highest BCUT2D eigenvalue weighted by Crippen LogP contribution is 2.49. The first kappa shape index (κ1) is 39.9. The highest BCUT2D eigenvalue weighted by Gasteiger charge is 2.39. The lowest BCUT2D eigenvalue weighted by molar-refractivity contribution is 0.00775. The van der Waals surface area contributed by atoms with Gasteiger partial charge in [-0.05, 0) is 143 Å². The molecule has 8 aromatic rings. The zero-order valence-corrected chi connectivity index (χ0v) is 34.9. The summed E-state index contributed by atoms with van der Waals surface area (Å²) < 4.78 is 41.8. The molecule has 1 atom stereocenters. The number of ether oxygens (including phenoxy) is 7. The second kappa shape index (κ2) is 16.9. The summed E-state index contributed by atoms with van der Waals surface area (Å²) in [5, 5.41) is 6.19. The maximum absolute atomic E-state index is 13.4. The number of fused-ring (bicyclic) bond motifs is 8. The molecule has 314 valence electrons. The number of benzene rings is 8. The molecule has 0 N–H and O–H groups in total. The number of hydrogen-bond donors (Lipinski definition) is 0. The SMILES string of the molecule is Cc1cc(OC(=O)c2ccc3cc(OCCCCOCC4(C)CO4)ccc3c2)ccc1C(=O)Oc1ccc(C2Oc3ccc4ccccc4c3-c3c(ccc4ccccc34)O2)cc1. The Kier molecular flexibility index (Phi) is 10.7. The van der Waals surface area contributed by atoms with Crippen LogP contribution >= 0.6 is 0 Å².